The molecule has 0 fully saturated rings. The molecule has 3 N–H and O–H groups in total. The summed E-state index contributed by atoms with van der Waals surface area (Å²) in [5.41, 5.74) is 5.60. The Kier molecular flexibility index (Phi) is 6.34. The topological polar surface area (TPSA) is 148 Å². The first-order valence-corrected chi connectivity index (χ1v) is 10.7. The molecule has 3 amide bonds. The molecular formula is C24H23N5O6. The maximum absolute atomic E-state index is 13.5. The molecule has 1 aliphatic rings. The number of aromatic amines is 1. The molecule has 2 heterocycles. The van der Waals surface area contributed by atoms with Crippen LogP contribution in [0, 0.1) is 0 Å². The van der Waals surface area contributed by atoms with Crippen LogP contribution in [-0.4, -0.2) is 59.5 Å². The van der Waals surface area contributed by atoms with Gasteiger partial charge in [0.15, 0.2) is 5.69 Å². The van der Waals surface area contributed by atoms with Gasteiger partial charge >= 0.3 is 5.69 Å². The highest BCUT2D eigenvalue weighted by Crippen LogP contribution is 2.25. The normalized spacial score (nSPS) is 12.7. The summed E-state index contributed by atoms with van der Waals surface area (Å²) in [6.07, 6.45) is 0. The van der Waals surface area contributed by atoms with Gasteiger partial charge in [0.05, 0.1) is 24.3 Å². The minimum absolute atomic E-state index is 0.0595. The van der Waals surface area contributed by atoms with E-state index < -0.39 is 29.0 Å². The van der Waals surface area contributed by atoms with Gasteiger partial charge in [-0.25, -0.2) is 4.79 Å². The third kappa shape index (κ3) is 4.24. The number of fused-ring (bicyclic) bond motifs is 1. The molecule has 2 aromatic carbocycles. The van der Waals surface area contributed by atoms with Crippen molar-refractivity contribution >= 4 is 29.2 Å². The van der Waals surface area contributed by atoms with E-state index >= 15 is 0 Å². The van der Waals surface area contributed by atoms with Crippen molar-refractivity contribution in [2.75, 3.05) is 37.9 Å². The number of aromatic nitrogens is 2. The molecule has 180 valence electrons. The zero-order valence-electron chi connectivity index (χ0n) is 19.1. The molecule has 0 bridgehead atoms. The average Bonchev–Trinajstić information content (AvgIpc) is 3.07. The monoisotopic (exact) mass is 477 g/mol. The number of H-pyrrole nitrogens is 1. The Morgan fingerprint density at radius 3 is 2.40 bits per heavy atom. The molecule has 0 unspecified atom stereocenters. The van der Waals surface area contributed by atoms with Crippen LogP contribution >= 0.6 is 0 Å². The Balaban J connectivity index is 1.80. The number of methoxy groups -OCH3 is 1. The fourth-order valence-electron chi connectivity index (χ4n) is 3.91. The quantitative estimate of drug-likeness (QED) is 0.476. The second kappa shape index (κ2) is 9.39. The number of carbonyl (C=O) groups is 3. The fourth-order valence-corrected chi connectivity index (χ4v) is 3.91. The van der Waals surface area contributed by atoms with Crippen molar-refractivity contribution in [3.63, 3.8) is 0 Å². The van der Waals surface area contributed by atoms with E-state index in [1.807, 2.05) is 6.07 Å². The third-order valence-electron chi connectivity index (χ3n) is 5.77. The highest BCUT2D eigenvalue weighted by molar-refractivity contribution is 6.22. The zero-order chi connectivity index (χ0) is 25.3. The predicted octanol–water partition coefficient (Wildman–Crippen LogP) is 0.686. The minimum Gasteiger partial charge on any atom is -0.383 e. The molecule has 4 rings (SSSR count). The zero-order valence-corrected chi connectivity index (χ0v) is 19.1. The lowest BCUT2D eigenvalue weighted by Gasteiger charge is -2.24. The van der Waals surface area contributed by atoms with Crippen molar-refractivity contribution in [2.24, 2.45) is 0 Å². The number of carbonyl (C=O) groups excluding carboxylic acids is 3. The van der Waals surface area contributed by atoms with Gasteiger partial charge in [0, 0.05) is 26.3 Å². The van der Waals surface area contributed by atoms with E-state index in [1.165, 1.54) is 36.9 Å². The summed E-state index contributed by atoms with van der Waals surface area (Å²) in [5.74, 6) is -1.84. The van der Waals surface area contributed by atoms with Gasteiger partial charge in [-0.15, -0.1) is 0 Å². The number of amides is 3. The Morgan fingerprint density at radius 1 is 1.03 bits per heavy atom. The van der Waals surface area contributed by atoms with Crippen LogP contribution in [0.2, 0.25) is 0 Å². The Bertz CT molecular complexity index is 1440. The van der Waals surface area contributed by atoms with Crippen LogP contribution in [0.15, 0.2) is 58.1 Å². The molecule has 11 nitrogen and oxygen atoms in total. The number of nitrogen functional groups attached to an aromatic ring is 1. The number of nitrogens with zero attached hydrogens (tertiary/aromatic N) is 3. The summed E-state index contributed by atoms with van der Waals surface area (Å²) in [4.78, 5) is 67.8. The minimum atomic E-state index is -0.839. The Labute approximate surface area is 199 Å². The number of rotatable bonds is 7. The maximum atomic E-state index is 13.5. The van der Waals surface area contributed by atoms with Crippen LogP contribution in [-0.2, 0) is 11.3 Å². The number of hydrogen-bond acceptors (Lipinski definition) is 7. The summed E-state index contributed by atoms with van der Waals surface area (Å²) in [6.45, 7) is 0.0763. The standard InChI is InChI=1S/C24H23N5O6/c1-27-22(32)16-9-8-15(12-17(16)23(27)33)21(31)28(10-11-35-2)18-19(25)29(24(34)26-20(18)30)13-14-6-4-3-5-7-14/h3-9,12H,10-11,13,25H2,1-2H3,(H,26,30,34). The molecule has 0 radical (unpaired) electrons. The number of hydrogen-bond donors (Lipinski definition) is 2. The van der Waals surface area contributed by atoms with Gasteiger partial charge in [-0.2, -0.15) is 0 Å². The van der Waals surface area contributed by atoms with E-state index in [0.29, 0.717) is 0 Å². The first kappa shape index (κ1) is 23.6. The average molecular weight is 477 g/mol. The Morgan fingerprint density at radius 2 is 1.71 bits per heavy atom. The van der Waals surface area contributed by atoms with Crippen molar-refractivity contribution in [1.29, 1.82) is 0 Å². The van der Waals surface area contributed by atoms with Gasteiger partial charge in [0.1, 0.15) is 5.82 Å². The molecule has 1 aliphatic heterocycles. The van der Waals surface area contributed by atoms with Crippen LogP contribution in [0.1, 0.15) is 36.6 Å². The lowest BCUT2D eigenvalue weighted by atomic mass is 10.0. The van der Waals surface area contributed by atoms with Gasteiger partial charge < -0.3 is 10.5 Å². The predicted molar refractivity (Wildman–Crippen MR) is 128 cm³/mol. The summed E-state index contributed by atoms with van der Waals surface area (Å²) >= 11 is 0. The van der Waals surface area contributed by atoms with E-state index in [1.54, 1.807) is 24.3 Å². The smallest absolute Gasteiger partial charge is 0.330 e. The fraction of sp³-hybridized carbons (Fsp3) is 0.208. The highest BCUT2D eigenvalue weighted by Gasteiger charge is 2.34. The lowest BCUT2D eigenvalue weighted by Crippen LogP contribution is -2.42. The van der Waals surface area contributed by atoms with E-state index in [9.17, 15) is 24.0 Å². The van der Waals surface area contributed by atoms with E-state index in [2.05, 4.69) is 4.98 Å². The lowest BCUT2D eigenvalue weighted by molar-refractivity contribution is 0.0693. The third-order valence-corrected chi connectivity index (χ3v) is 5.77. The van der Waals surface area contributed by atoms with Crippen LogP contribution in [0.5, 0.6) is 0 Å². The van der Waals surface area contributed by atoms with Crippen LogP contribution in [0.3, 0.4) is 0 Å². The van der Waals surface area contributed by atoms with Crippen LogP contribution in [0.25, 0.3) is 0 Å². The molecular weight excluding hydrogens is 454 g/mol. The van der Waals surface area contributed by atoms with Crippen molar-refractivity contribution in [2.45, 2.75) is 6.54 Å². The number of imide groups is 1. The summed E-state index contributed by atoms with van der Waals surface area (Å²) in [5, 5.41) is 0. The van der Waals surface area contributed by atoms with Crippen LogP contribution < -0.4 is 21.9 Å². The summed E-state index contributed by atoms with van der Waals surface area (Å²) < 4.78 is 6.27. The molecule has 0 saturated carbocycles. The number of nitrogens with one attached hydrogen (secondary N) is 1. The summed E-state index contributed by atoms with van der Waals surface area (Å²) in [7, 11) is 2.79. The molecule has 1 aromatic heterocycles. The van der Waals surface area contributed by atoms with Gasteiger partial charge in [-0.1, -0.05) is 30.3 Å². The molecule has 0 spiro atoms. The van der Waals surface area contributed by atoms with E-state index in [4.69, 9.17) is 10.5 Å². The van der Waals surface area contributed by atoms with E-state index in [0.717, 1.165) is 15.4 Å². The first-order valence-electron chi connectivity index (χ1n) is 10.7. The second-order valence-corrected chi connectivity index (χ2v) is 7.94. The molecule has 35 heavy (non-hydrogen) atoms. The van der Waals surface area contributed by atoms with Crippen molar-refractivity contribution in [3.05, 3.63) is 91.6 Å². The molecule has 0 atom stereocenters. The first-order chi connectivity index (χ1) is 16.7. The molecule has 0 aliphatic carbocycles. The van der Waals surface area contributed by atoms with Gasteiger partial charge in [0.25, 0.3) is 23.3 Å². The number of nitrogens with two attached hydrogens (primary N) is 1. The largest absolute Gasteiger partial charge is 0.383 e. The molecule has 3 aromatic rings. The van der Waals surface area contributed by atoms with Crippen molar-refractivity contribution in [1.82, 2.24) is 14.5 Å². The van der Waals surface area contributed by atoms with Gasteiger partial charge in [-0.05, 0) is 23.8 Å². The van der Waals surface area contributed by atoms with Crippen molar-refractivity contribution in [3.8, 4) is 0 Å². The Hall–Kier alpha value is -4.51. The number of benzene rings is 2. The second-order valence-electron chi connectivity index (χ2n) is 7.94. The van der Waals surface area contributed by atoms with Crippen molar-refractivity contribution < 1.29 is 19.1 Å². The summed E-state index contributed by atoms with van der Waals surface area (Å²) in [6, 6.07) is 13.1. The van der Waals surface area contributed by atoms with E-state index in [-0.39, 0.29) is 47.9 Å². The van der Waals surface area contributed by atoms with Gasteiger partial charge in [-0.3, -0.25) is 38.5 Å². The maximum Gasteiger partial charge on any atom is 0.330 e. The SMILES string of the molecule is COCCN(C(=O)c1ccc2c(c1)C(=O)N(C)C2=O)c1c(N)n(Cc2ccccc2)c(=O)[nH]c1=O. The van der Waals surface area contributed by atoms with Crippen LogP contribution in [0.4, 0.5) is 11.5 Å². The highest BCUT2D eigenvalue weighted by atomic mass is 16.5. The number of ether oxygens (including phenoxy) is 1. The van der Waals surface area contributed by atoms with Gasteiger partial charge in [0.2, 0.25) is 0 Å². The molecule has 0 saturated heterocycles. The number of anilines is 2. The molecule has 11 heteroatoms.